The van der Waals surface area contributed by atoms with Crippen molar-refractivity contribution in [3.8, 4) is 11.5 Å². The van der Waals surface area contributed by atoms with Gasteiger partial charge in [0, 0.05) is 0 Å². The summed E-state index contributed by atoms with van der Waals surface area (Å²) in [6, 6.07) is 5.26. The third-order valence-electron chi connectivity index (χ3n) is 3.12. The van der Waals surface area contributed by atoms with Crippen LogP contribution >= 0.6 is 11.8 Å². The molecule has 1 saturated heterocycles. The van der Waals surface area contributed by atoms with E-state index in [0.29, 0.717) is 23.7 Å². The van der Waals surface area contributed by atoms with Crippen molar-refractivity contribution in [2.24, 2.45) is 5.73 Å². The van der Waals surface area contributed by atoms with Crippen molar-refractivity contribution in [3.05, 3.63) is 28.7 Å². The number of ether oxygens (including phenoxy) is 2. The number of carbonyl (C=O) groups is 3. The lowest BCUT2D eigenvalue weighted by Crippen LogP contribution is -2.36. The highest BCUT2D eigenvalue weighted by molar-refractivity contribution is 8.18. The molecule has 1 aliphatic heterocycles. The van der Waals surface area contributed by atoms with Gasteiger partial charge in [-0.25, -0.2) is 0 Å². The van der Waals surface area contributed by atoms with Crippen LogP contribution in [0.15, 0.2) is 23.1 Å². The van der Waals surface area contributed by atoms with Crippen molar-refractivity contribution >= 4 is 34.9 Å². The molecule has 1 aromatic carbocycles. The molecule has 2 rings (SSSR count). The molecular formula is C17H20N2O5S. The molecule has 0 atom stereocenters. The molecule has 1 heterocycles. The van der Waals surface area contributed by atoms with Gasteiger partial charge in [-0.1, -0.05) is 6.07 Å². The summed E-state index contributed by atoms with van der Waals surface area (Å²) in [4.78, 5) is 36.1. The number of hydrogen-bond acceptors (Lipinski definition) is 6. The highest BCUT2D eigenvalue weighted by Gasteiger charge is 2.35. The minimum atomic E-state index is -0.739. The second kappa shape index (κ2) is 8.06. The number of amides is 3. The van der Waals surface area contributed by atoms with Crippen molar-refractivity contribution in [2.75, 3.05) is 13.2 Å². The lowest BCUT2D eigenvalue weighted by molar-refractivity contribution is -0.127. The summed E-state index contributed by atoms with van der Waals surface area (Å²) >= 11 is 0.771. The van der Waals surface area contributed by atoms with Crippen molar-refractivity contribution in [2.45, 2.75) is 26.9 Å². The minimum absolute atomic E-state index is 0.00430. The molecule has 0 aromatic heterocycles. The summed E-state index contributed by atoms with van der Waals surface area (Å²) in [6.45, 7) is 5.73. The number of primary amides is 1. The first kappa shape index (κ1) is 18.9. The molecule has 0 aliphatic carbocycles. The van der Waals surface area contributed by atoms with E-state index in [-0.39, 0.29) is 11.0 Å². The van der Waals surface area contributed by atoms with E-state index in [2.05, 4.69) is 0 Å². The van der Waals surface area contributed by atoms with Crippen LogP contribution in [-0.2, 0) is 9.59 Å². The molecule has 25 heavy (non-hydrogen) atoms. The van der Waals surface area contributed by atoms with Gasteiger partial charge in [0.2, 0.25) is 5.91 Å². The number of nitrogens with two attached hydrogens (primary N) is 1. The van der Waals surface area contributed by atoms with E-state index in [1.165, 1.54) is 0 Å². The van der Waals surface area contributed by atoms with E-state index < -0.39 is 23.6 Å². The topological polar surface area (TPSA) is 98.9 Å². The average Bonchev–Trinajstić information content (AvgIpc) is 2.77. The fourth-order valence-electron chi connectivity index (χ4n) is 2.18. The number of rotatable bonds is 7. The Bertz CT molecular complexity index is 730. The van der Waals surface area contributed by atoms with Crippen LogP contribution < -0.4 is 15.2 Å². The molecular weight excluding hydrogens is 344 g/mol. The van der Waals surface area contributed by atoms with Crippen LogP contribution in [0.25, 0.3) is 6.08 Å². The molecule has 0 bridgehead atoms. The maximum Gasteiger partial charge on any atom is 0.294 e. The van der Waals surface area contributed by atoms with Crippen LogP contribution in [0, 0.1) is 0 Å². The Morgan fingerprint density at radius 1 is 1.32 bits per heavy atom. The van der Waals surface area contributed by atoms with E-state index in [4.69, 9.17) is 15.2 Å². The van der Waals surface area contributed by atoms with Crippen molar-refractivity contribution < 1.29 is 23.9 Å². The second-order valence-corrected chi connectivity index (χ2v) is 6.53. The Morgan fingerprint density at radius 3 is 2.64 bits per heavy atom. The van der Waals surface area contributed by atoms with Crippen molar-refractivity contribution in [1.82, 2.24) is 4.90 Å². The second-order valence-electron chi connectivity index (χ2n) is 5.54. The van der Waals surface area contributed by atoms with Crippen LogP contribution in [0.4, 0.5) is 4.79 Å². The van der Waals surface area contributed by atoms with Crippen LogP contribution in [0.2, 0.25) is 0 Å². The average molecular weight is 364 g/mol. The maximum absolute atomic E-state index is 12.2. The quantitative estimate of drug-likeness (QED) is 0.746. The van der Waals surface area contributed by atoms with E-state index in [1.807, 2.05) is 20.8 Å². The van der Waals surface area contributed by atoms with Gasteiger partial charge in [-0.3, -0.25) is 19.3 Å². The summed E-state index contributed by atoms with van der Waals surface area (Å²) in [5, 5.41) is -0.514. The molecule has 3 amide bonds. The number of imide groups is 1. The summed E-state index contributed by atoms with van der Waals surface area (Å²) in [6.07, 6.45) is 1.57. The summed E-state index contributed by atoms with van der Waals surface area (Å²) < 4.78 is 11.3. The van der Waals surface area contributed by atoms with Crippen LogP contribution in [0.1, 0.15) is 26.3 Å². The Hall–Kier alpha value is -2.48. The van der Waals surface area contributed by atoms with Crippen molar-refractivity contribution in [1.29, 1.82) is 0 Å². The van der Waals surface area contributed by atoms with Gasteiger partial charge >= 0.3 is 0 Å². The fraction of sp³-hybridized carbons (Fsp3) is 0.353. The largest absolute Gasteiger partial charge is 0.490 e. The summed E-state index contributed by atoms with van der Waals surface area (Å²) in [5.74, 6) is -0.108. The zero-order valence-corrected chi connectivity index (χ0v) is 15.1. The predicted molar refractivity (Wildman–Crippen MR) is 95.2 cm³/mol. The van der Waals surface area contributed by atoms with E-state index in [1.54, 1.807) is 24.3 Å². The maximum atomic E-state index is 12.2. The van der Waals surface area contributed by atoms with Gasteiger partial charge in [0.15, 0.2) is 11.5 Å². The van der Waals surface area contributed by atoms with Crippen LogP contribution in [0.5, 0.6) is 11.5 Å². The number of hydrogen-bond donors (Lipinski definition) is 1. The minimum Gasteiger partial charge on any atom is -0.490 e. The van der Waals surface area contributed by atoms with Gasteiger partial charge in [-0.2, -0.15) is 0 Å². The smallest absolute Gasteiger partial charge is 0.294 e. The Morgan fingerprint density at radius 2 is 2.04 bits per heavy atom. The molecule has 8 heteroatoms. The summed E-state index contributed by atoms with van der Waals surface area (Å²) in [5.41, 5.74) is 5.74. The van der Waals surface area contributed by atoms with Gasteiger partial charge < -0.3 is 15.2 Å². The first-order valence-corrected chi connectivity index (χ1v) is 8.60. The molecule has 1 fully saturated rings. The first-order valence-electron chi connectivity index (χ1n) is 7.79. The third-order valence-corrected chi connectivity index (χ3v) is 4.02. The lowest BCUT2D eigenvalue weighted by atomic mass is 10.2. The van der Waals surface area contributed by atoms with E-state index in [9.17, 15) is 14.4 Å². The van der Waals surface area contributed by atoms with E-state index >= 15 is 0 Å². The number of nitrogens with zero attached hydrogens (tertiary/aromatic N) is 1. The fourth-order valence-corrected chi connectivity index (χ4v) is 3.02. The van der Waals surface area contributed by atoms with Gasteiger partial charge in [-0.15, -0.1) is 0 Å². The summed E-state index contributed by atoms with van der Waals surface area (Å²) in [7, 11) is 0. The molecule has 7 nitrogen and oxygen atoms in total. The van der Waals surface area contributed by atoms with Crippen LogP contribution in [0.3, 0.4) is 0 Å². The zero-order valence-electron chi connectivity index (χ0n) is 14.3. The third kappa shape index (κ3) is 4.76. The number of benzene rings is 1. The SMILES string of the molecule is CCOc1cc(/C=C2\SC(=O)N(CC(N)=O)C2=O)ccc1OC(C)C. The highest BCUT2D eigenvalue weighted by atomic mass is 32.2. The molecule has 0 spiro atoms. The normalized spacial score (nSPS) is 16.0. The van der Waals surface area contributed by atoms with Gasteiger partial charge in [-0.05, 0) is 56.3 Å². The van der Waals surface area contributed by atoms with Gasteiger partial charge in [0.1, 0.15) is 6.54 Å². The Balaban J connectivity index is 2.28. The monoisotopic (exact) mass is 364 g/mol. The Kier molecular flexibility index (Phi) is 6.08. The number of thioether (sulfide) groups is 1. The first-order chi connectivity index (χ1) is 11.8. The molecule has 0 unspecified atom stereocenters. The number of carbonyl (C=O) groups excluding carboxylic acids is 3. The van der Waals surface area contributed by atoms with Gasteiger partial charge in [0.05, 0.1) is 17.6 Å². The van der Waals surface area contributed by atoms with Crippen molar-refractivity contribution in [3.63, 3.8) is 0 Å². The predicted octanol–water partition coefficient (Wildman–Crippen LogP) is 2.39. The zero-order chi connectivity index (χ0) is 18.6. The van der Waals surface area contributed by atoms with Gasteiger partial charge in [0.25, 0.3) is 11.1 Å². The molecule has 2 N–H and O–H groups in total. The molecule has 1 aliphatic rings. The lowest BCUT2D eigenvalue weighted by Gasteiger charge is -2.15. The molecule has 0 saturated carbocycles. The molecule has 134 valence electrons. The standard InChI is InChI=1S/C17H20N2O5S/c1-4-23-13-7-11(5-6-12(13)24-10(2)3)8-14-16(21)19(9-15(18)20)17(22)25-14/h5-8,10H,4,9H2,1-3H3,(H2,18,20)/b14-8-. The molecule has 1 aromatic rings. The molecule has 0 radical (unpaired) electrons. The Labute approximate surface area is 150 Å². The van der Waals surface area contributed by atoms with Crippen LogP contribution in [-0.4, -0.2) is 41.2 Å². The highest BCUT2D eigenvalue weighted by Crippen LogP contribution is 2.34. The van der Waals surface area contributed by atoms with E-state index in [0.717, 1.165) is 16.7 Å².